The highest BCUT2D eigenvalue weighted by Gasteiger charge is 2.01. The van der Waals surface area contributed by atoms with E-state index in [0.717, 1.165) is 12.2 Å². The van der Waals surface area contributed by atoms with E-state index in [1.165, 1.54) is 0 Å². The van der Waals surface area contributed by atoms with Gasteiger partial charge in [-0.15, -0.1) is 0 Å². The molecule has 0 aromatic heterocycles. The number of rotatable bonds is 7. The monoisotopic (exact) mass is 298 g/mol. The molecule has 0 fully saturated rings. The first-order valence-electron chi connectivity index (χ1n) is 6.14. The lowest BCUT2D eigenvalue weighted by Gasteiger charge is -2.01. The van der Waals surface area contributed by atoms with Crippen LogP contribution >= 0.6 is 0 Å². The smallest absolute Gasteiger partial charge is 0.333 e. The number of nitrogens with one attached hydrogen (secondary N) is 2. The summed E-state index contributed by atoms with van der Waals surface area (Å²) in [6.07, 6.45) is 3.92. The van der Waals surface area contributed by atoms with Gasteiger partial charge in [-0.25, -0.2) is 4.79 Å². The number of ether oxygens (including phenoxy) is 1. The summed E-state index contributed by atoms with van der Waals surface area (Å²) in [5.41, 5.74) is 0.563. The minimum atomic E-state index is -0.364. The highest BCUT2D eigenvalue weighted by molar-refractivity contribution is 5.89. The van der Waals surface area contributed by atoms with Crippen LogP contribution in [0.15, 0.2) is 37.0 Å². The first-order valence-corrected chi connectivity index (χ1v) is 6.14. The van der Waals surface area contributed by atoms with Crippen LogP contribution in [0.2, 0.25) is 0 Å². The van der Waals surface area contributed by atoms with Crippen molar-refractivity contribution < 1.29 is 24.2 Å². The minimum absolute atomic E-state index is 0.0734. The largest absolute Gasteiger partial charge is 0.460 e. The summed E-state index contributed by atoms with van der Waals surface area (Å²) in [6.45, 7) is 9.94. The Morgan fingerprint density at radius 1 is 1.14 bits per heavy atom. The van der Waals surface area contributed by atoms with Crippen molar-refractivity contribution in [3.63, 3.8) is 0 Å². The summed E-state index contributed by atoms with van der Waals surface area (Å²) in [7, 11) is 0. The Balaban J connectivity index is 0. The number of aliphatic hydroxyl groups is 1. The van der Waals surface area contributed by atoms with Gasteiger partial charge in [0.15, 0.2) is 0 Å². The molecule has 7 heteroatoms. The standard InChI is InChI=1S/C7H10N2O2.C7H12O3/c1-3-6(10)8-5-9-7(11)4-2;1-3-6(2)7(9)10-5-4-8/h3-4H,1-2,5H2,(H,8,10)(H,9,11);3,8H,4-5H2,1-2H3. The van der Waals surface area contributed by atoms with Crippen LogP contribution in [0, 0.1) is 0 Å². The Hall–Kier alpha value is -2.41. The molecule has 118 valence electrons. The van der Waals surface area contributed by atoms with E-state index in [-0.39, 0.29) is 37.7 Å². The number of carbonyl (C=O) groups is 3. The topological polar surface area (TPSA) is 105 Å². The maximum Gasteiger partial charge on any atom is 0.333 e. The van der Waals surface area contributed by atoms with E-state index >= 15 is 0 Å². The van der Waals surface area contributed by atoms with Gasteiger partial charge in [0.25, 0.3) is 0 Å². The summed E-state index contributed by atoms with van der Waals surface area (Å²) in [6, 6.07) is 0. The van der Waals surface area contributed by atoms with Crippen molar-refractivity contribution in [2.24, 2.45) is 0 Å². The van der Waals surface area contributed by atoms with E-state index in [4.69, 9.17) is 5.11 Å². The van der Waals surface area contributed by atoms with Crippen LogP contribution in [-0.2, 0) is 19.1 Å². The molecule has 0 aliphatic carbocycles. The number of amides is 2. The number of hydrogen-bond acceptors (Lipinski definition) is 5. The normalized spacial score (nSPS) is 9.57. The molecule has 0 rings (SSSR count). The number of aliphatic hydroxyl groups excluding tert-OH is 1. The quantitative estimate of drug-likeness (QED) is 0.349. The molecule has 0 aliphatic heterocycles. The van der Waals surface area contributed by atoms with E-state index in [2.05, 4.69) is 28.5 Å². The average Bonchev–Trinajstić information content (AvgIpc) is 2.51. The van der Waals surface area contributed by atoms with Gasteiger partial charge in [0.2, 0.25) is 11.8 Å². The highest BCUT2D eigenvalue weighted by atomic mass is 16.5. The maximum atomic E-state index is 10.7. The van der Waals surface area contributed by atoms with Gasteiger partial charge in [-0.2, -0.15) is 0 Å². The lowest BCUT2D eigenvalue weighted by molar-refractivity contribution is -0.140. The lowest BCUT2D eigenvalue weighted by atomic mass is 10.3. The second-order valence-electron chi connectivity index (χ2n) is 3.50. The molecule has 21 heavy (non-hydrogen) atoms. The van der Waals surface area contributed by atoms with Crippen LogP contribution in [-0.4, -0.2) is 42.8 Å². The first-order chi connectivity index (χ1) is 9.92. The Kier molecular flexibility index (Phi) is 13.9. The van der Waals surface area contributed by atoms with Crippen LogP contribution < -0.4 is 10.6 Å². The summed E-state index contributed by atoms with van der Waals surface area (Å²) in [5.74, 6) is -1.01. The molecule has 0 saturated heterocycles. The molecule has 3 N–H and O–H groups in total. The molecular formula is C14H22N2O5. The highest BCUT2D eigenvalue weighted by Crippen LogP contribution is 1.94. The van der Waals surface area contributed by atoms with Crippen LogP contribution in [0.1, 0.15) is 13.8 Å². The van der Waals surface area contributed by atoms with Crippen molar-refractivity contribution in [1.82, 2.24) is 10.6 Å². The van der Waals surface area contributed by atoms with E-state index in [0.29, 0.717) is 5.57 Å². The maximum absolute atomic E-state index is 10.7. The third-order valence-electron chi connectivity index (χ3n) is 1.98. The molecule has 7 nitrogen and oxygen atoms in total. The number of esters is 1. The number of carbonyl (C=O) groups excluding carboxylic acids is 3. The van der Waals surface area contributed by atoms with Gasteiger partial charge in [-0.05, 0) is 26.0 Å². The molecule has 0 aromatic carbocycles. The average molecular weight is 298 g/mol. The van der Waals surface area contributed by atoms with E-state index in [9.17, 15) is 14.4 Å². The van der Waals surface area contributed by atoms with Gasteiger partial charge in [0.1, 0.15) is 6.61 Å². The zero-order valence-electron chi connectivity index (χ0n) is 12.3. The molecule has 0 heterocycles. The summed E-state index contributed by atoms with van der Waals surface area (Å²) >= 11 is 0. The van der Waals surface area contributed by atoms with Crippen molar-refractivity contribution in [2.75, 3.05) is 19.9 Å². The Morgan fingerprint density at radius 3 is 1.95 bits per heavy atom. The molecule has 0 spiro atoms. The molecule has 0 bridgehead atoms. The zero-order chi connectivity index (χ0) is 16.7. The van der Waals surface area contributed by atoms with Gasteiger partial charge in [0, 0.05) is 5.57 Å². The minimum Gasteiger partial charge on any atom is -0.460 e. The fourth-order valence-corrected chi connectivity index (χ4v) is 0.733. The molecule has 0 atom stereocenters. The van der Waals surface area contributed by atoms with Crippen molar-refractivity contribution in [1.29, 1.82) is 0 Å². The van der Waals surface area contributed by atoms with Crippen molar-refractivity contribution >= 4 is 17.8 Å². The van der Waals surface area contributed by atoms with E-state index in [1.54, 1.807) is 19.9 Å². The van der Waals surface area contributed by atoms with Gasteiger partial charge in [-0.1, -0.05) is 19.2 Å². The Morgan fingerprint density at radius 2 is 1.62 bits per heavy atom. The molecule has 0 unspecified atom stereocenters. The molecular weight excluding hydrogens is 276 g/mol. The fourth-order valence-electron chi connectivity index (χ4n) is 0.733. The van der Waals surface area contributed by atoms with Crippen LogP contribution in [0.4, 0.5) is 0 Å². The van der Waals surface area contributed by atoms with Crippen LogP contribution in [0.3, 0.4) is 0 Å². The molecule has 0 aromatic rings. The van der Waals surface area contributed by atoms with Crippen LogP contribution in [0.25, 0.3) is 0 Å². The molecule has 0 saturated carbocycles. The van der Waals surface area contributed by atoms with Gasteiger partial charge < -0.3 is 20.5 Å². The van der Waals surface area contributed by atoms with Crippen molar-refractivity contribution in [2.45, 2.75) is 13.8 Å². The van der Waals surface area contributed by atoms with E-state index < -0.39 is 0 Å². The Bertz CT molecular complexity index is 382. The number of hydrogen-bond donors (Lipinski definition) is 3. The summed E-state index contributed by atoms with van der Waals surface area (Å²) in [5, 5.41) is 13.0. The third kappa shape index (κ3) is 13.8. The van der Waals surface area contributed by atoms with Gasteiger partial charge >= 0.3 is 5.97 Å². The molecule has 0 aliphatic rings. The Labute approximate surface area is 124 Å². The second-order valence-corrected chi connectivity index (χ2v) is 3.50. The zero-order valence-corrected chi connectivity index (χ0v) is 12.3. The van der Waals surface area contributed by atoms with Gasteiger partial charge in [-0.3, -0.25) is 9.59 Å². The summed E-state index contributed by atoms with van der Waals surface area (Å²) in [4.78, 5) is 31.7. The van der Waals surface area contributed by atoms with Crippen LogP contribution in [0.5, 0.6) is 0 Å². The second kappa shape index (κ2) is 14.0. The summed E-state index contributed by atoms with van der Waals surface area (Å²) < 4.78 is 4.59. The molecule has 2 amide bonds. The SMILES string of the molecule is C=CC(=O)NCNC(=O)C=C.CC=C(C)C(=O)OCCO. The fraction of sp³-hybridized carbons (Fsp3) is 0.357. The van der Waals surface area contributed by atoms with Crippen molar-refractivity contribution in [3.8, 4) is 0 Å². The predicted octanol–water partition coefficient (Wildman–Crippen LogP) is 0.0364. The molecule has 0 radical (unpaired) electrons. The predicted molar refractivity (Wildman–Crippen MR) is 79.0 cm³/mol. The van der Waals surface area contributed by atoms with Gasteiger partial charge in [0.05, 0.1) is 13.3 Å². The third-order valence-corrected chi connectivity index (χ3v) is 1.98. The van der Waals surface area contributed by atoms with Crippen molar-refractivity contribution in [3.05, 3.63) is 37.0 Å². The van der Waals surface area contributed by atoms with E-state index in [1.807, 2.05) is 0 Å². The first kappa shape index (κ1) is 20.9. The number of allylic oxidation sites excluding steroid dienone is 1. The lowest BCUT2D eigenvalue weighted by Crippen LogP contribution is -2.35.